The van der Waals surface area contributed by atoms with Crippen molar-refractivity contribution in [2.75, 3.05) is 53.6 Å². The zero-order valence-corrected chi connectivity index (χ0v) is 15.1. The Morgan fingerprint density at radius 3 is 2.92 bits per heavy atom. The fourth-order valence-electron chi connectivity index (χ4n) is 3.10. The smallest absolute Gasteiger partial charge is 0.336 e. The van der Waals surface area contributed by atoms with Gasteiger partial charge >= 0.3 is 5.63 Å². The summed E-state index contributed by atoms with van der Waals surface area (Å²) in [5.41, 5.74) is 0.0268. The van der Waals surface area contributed by atoms with Gasteiger partial charge in [-0.3, -0.25) is 4.79 Å². The number of carbonyl (C=O) groups excluding carboxylic acids is 1. The predicted molar refractivity (Wildman–Crippen MR) is 97.4 cm³/mol. The Bertz CT molecular complexity index is 817. The maximum absolute atomic E-state index is 12.5. The van der Waals surface area contributed by atoms with Crippen molar-refractivity contribution in [3.8, 4) is 5.75 Å². The molecule has 1 fully saturated rings. The quantitative estimate of drug-likeness (QED) is 0.747. The maximum atomic E-state index is 12.5. The highest BCUT2D eigenvalue weighted by Gasteiger charge is 2.23. The molecule has 1 amide bonds. The molecule has 0 aliphatic carbocycles. The lowest BCUT2D eigenvalue weighted by Gasteiger charge is -2.25. The van der Waals surface area contributed by atoms with Gasteiger partial charge in [-0.1, -0.05) is 0 Å². The molecule has 7 heteroatoms. The van der Waals surface area contributed by atoms with Crippen LogP contribution in [-0.4, -0.2) is 69.3 Å². The molecule has 140 valence electrons. The Morgan fingerprint density at radius 2 is 2.12 bits per heavy atom. The molecule has 2 aromatic rings. The largest absolute Gasteiger partial charge is 0.484 e. The lowest BCUT2D eigenvalue weighted by molar-refractivity contribution is -0.133. The van der Waals surface area contributed by atoms with Crippen LogP contribution >= 0.6 is 0 Å². The molecule has 7 nitrogen and oxygen atoms in total. The van der Waals surface area contributed by atoms with Gasteiger partial charge in [-0.25, -0.2) is 4.79 Å². The van der Waals surface area contributed by atoms with Crippen LogP contribution < -0.4 is 10.4 Å². The number of amides is 1. The number of hydrogen-bond acceptors (Lipinski definition) is 6. The zero-order valence-electron chi connectivity index (χ0n) is 15.1. The van der Waals surface area contributed by atoms with Gasteiger partial charge in [0.05, 0.1) is 13.2 Å². The van der Waals surface area contributed by atoms with E-state index in [1.54, 1.807) is 29.2 Å². The Balaban J connectivity index is 1.61. The zero-order chi connectivity index (χ0) is 18.5. The molecule has 0 N–H and O–H groups in total. The van der Waals surface area contributed by atoms with Crippen molar-refractivity contribution in [1.82, 2.24) is 9.80 Å². The minimum atomic E-state index is -0.415. The molecule has 0 radical (unpaired) electrons. The van der Waals surface area contributed by atoms with Crippen molar-refractivity contribution < 1.29 is 18.7 Å². The van der Waals surface area contributed by atoms with Crippen molar-refractivity contribution in [3.63, 3.8) is 0 Å². The van der Waals surface area contributed by atoms with Gasteiger partial charge in [0.25, 0.3) is 5.91 Å². The van der Waals surface area contributed by atoms with E-state index in [0.29, 0.717) is 37.6 Å². The van der Waals surface area contributed by atoms with Gasteiger partial charge in [0.2, 0.25) is 0 Å². The van der Waals surface area contributed by atoms with Crippen molar-refractivity contribution in [2.24, 2.45) is 5.92 Å². The maximum Gasteiger partial charge on any atom is 0.336 e. The molecule has 1 aliphatic heterocycles. The number of nitrogens with zero attached hydrogens (tertiary/aromatic N) is 2. The summed E-state index contributed by atoms with van der Waals surface area (Å²) in [6, 6.07) is 8.25. The highest BCUT2D eigenvalue weighted by Crippen LogP contribution is 2.19. The average Bonchev–Trinajstić information content (AvgIpc) is 2.84. The van der Waals surface area contributed by atoms with Gasteiger partial charge in [-0.05, 0) is 32.3 Å². The fourth-order valence-corrected chi connectivity index (χ4v) is 3.10. The van der Waals surface area contributed by atoms with Gasteiger partial charge < -0.3 is 23.7 Å². The molecule has 0 spiro atoms. The molecule has 0 bridgehead atoms. The number of fused-ring (bicyclic) bond motifs is 1. The summed E-state index contributed by atoms with van der Waals surface area (Å²) in [6.45, 7) is 3.24. The normalized spacial score (nSPS) is 18.1. The third-order valence-corrected chi connectivity index (χ3v) is 4.27. The molecule has 1 atom stereocenters. The van der Waals surface area contributed by atoms with Crippen molar-refractivity contribution >= 4 is 16.9 Å². The van der Waals surface area contributed by atoms with Gasteiger partial charge in [0.1, 0.15) is 11.3 Å². The summed E-state index contributed by atoms with van der Waals surface area (Å²) < 4.78 is 16.4. The second-order valence-corrected chi connectivity index (χ2v) is 6.79. The van der Waals surface area contributed by atoms with Crippen LogP contribution in [-0.2, 0) is 9.53 Å². The number of ether oxygens (including phenoxy) is 2. The number of carbonyl (C=O) groups is 1. The van der Waals surface area contributed by atoms with Gasteiger partial charge in [-0.2, -0.15) is 0 Å². The summed E-state index contributed by atoms with van der Waals surface area (Å²) in [5, 5.41) is 0.805. The first kappa shape index (κ1) is 18.4. The molecule has 1 aliphatic rings. The van der Waals surface area contributed by atoms with Crippen LogP contribution in [0.3, 0.4) is 0 Å². The standard InChI is InChI=1S/C19H24N2O5/c1-20(2)10-14-11-21(7-8-24-12-14)18(22)13-25-16-5-3-15-4-6-19(23)26-17(15)9-16/h3-6,9,14H,7-8,10-13H2,1-2H3. The van der Waals surface area contributed by atoms with E-state index >= 15 is 0 Å². The van der Waals surface area contributed by atoms with Gasteiger partial charge in [0.15, 0.2) is 6.61 Å². The molecular formula is C19H24N2O5. The minimum absolute atomic E-state index is 0.0583. The third kappa shape index (κ3) is 4.83. The van der Waals surface area contributed by atoms with Crippen LogP contribution in [0.25, 0.3) is 11.0 Å². The van der Waals surface area contributed by atoms with Crippen LogP contribution in [0.5, 0.6) is 5.75 Å². The van der Waals surface area contributed by atoms with E-state index in [1.807, 2.05) is 14.1 Å². The Hall–Kier alpha value is -2.38. The molecule has 26 heavy (non-hydrogen) atoms. The highest BCUT2D eigenvalue weighted by molar-refractivity contribution is 5.79. The van der Waals surface area contributed by atoms with E-state index in [4.69, 9.17) is 13.9 Å². The Kier molecular flexibility index (Phi) is 5.90. The third-order valence-electron chi connectivity index (χ3n) is 4.27. The highest BCUT2D eigenvalue weighted by atomic mass is 16.5. The second kappa shape index (κ2) is 8.33. The molecule has 1 aromatic carbocycles. The van der Waals surface area contributed by atoms with Crippen molar-refractivity contribution in [1.29, 1.82) is 0 Å². The molecular weight excluding hydrogens is 336 g/mol. The number of hydrogen-bond donors (Lipinski definition) is 0. The predicted octanol–water partition coefficient (Wildman–Crippen LogP) is 1.21. The molecule has 1 saturated heterocycles. The summed E-state index contributed by atoms with van der Waals surface area (Å²) in [6.07, 6.45) is 0. The minimum Gasteiger partial charge on any atom is -0.484 e. The van der Waals surface area contributed by atoms with Crippen LogP contribution in [0.15, 0.2) is 39.5 Å². The second-order valence-electron chi connectivity index (χ2n) is 6.79. The summed E-state index contributed by atoms with van der Waals surface area (Å²) in [5.74, 6) is 0.705. The van der Waals surface area contributed by atoms with Crippen LogP contribution in [0.2, 0.25) is 0 Å². The first-order valence-corrected chi connectivity index (χ1v) is 8.68. The average molecular weight is 360 g/mol. The first-order chi connectivity index (χ1) is 12.5. The summed E-state index contributed by atoms with van der Waals surface area (Å²) in [4.78, 5) is 27.7. The fraction of sp³-hybridized carbons (Fsp3) is 0.474. The topological polar surface area (TPSA) is 72.2 Å². The van der Waals surface area contributed by atoms with Gasteiger partial charge in [-0.15, -0.1) is 0 Å². The van der Waals surface area contributed by atoms with Crippen LogP contribution in [0.1, 0.15) is 0 Å². The van der Waals surface area contributed by atoms with E-state index in [0.717, 1.165) is 11.9 Å². The first-order valence-electron chi connectivity index (χ1n) is 8.68. The summed E-state index contributed by atoms with van der Waals surface area (Å²) >= 11 is 0. The Labute approximate surface area is 152 Å². The number of rotatable bonds is 5. The van der Waals surface area contributed by atoms with E-state index in [-0.39, 0.29) is 18.4 Å². The lowest BCUT2D eigenvalue weighted by Crippen LogP contribution is -2.40. The van der Waals surface area contributed by atoms with E-state index < -0.39 is 5.63 Å². The van der Waals surface area contributed by atoms with E-state index in [2.05, 4.69) is 4.90 Å². The molecule has 3 rings (SSSR count). The number of benzene rings is 1. The van der Waals surface area contributed by atoms with E-state index in [1.165, 1.54) is 6.07 Å². The van der Waals surface area contributed by atoms with E-state index in [9.17, 15) is 9.59 Å². The van der Waals surface area contributed by atoms with Crippen molar-refractivity contribution in [2.45, 2.75) is 0 Å². The molecule has 2 heterocycles. The van der Waals surface area contributed by atoms with Gasteiger partial charge in [0, 0.05) is 43.1 Å². The summed E-state index contributed by atoms with van der Waals surface area (Å²) in [7, 11) is 4.02. The van der Waals surface area contributed by atoms with Crippen LogP contribution in [0, 0.1) is 5.92 Å². The monoisotopic (exact) mass is 360 g/mol. The SMILES string of the molecule is CN(C)CC1COCCN(C(=O)COc2ccc3ccc(=O)oc3c2)C1. The molecule has 0 saturated carbocycles. The molecule has 1 unspecified atom stereocenters. The Morgan fingerprint density at radius 1 is 1.31 bits per heavy atom. The lowest BCUT2D eigenvalue weighted by atomic mass is 10.1. The van der Waals surface area contributed by atoms with Crippen LogP contribution in [0.4, 0.5) is 0 Å². The van der Waals surface area contributed by atoms with Crippen molar-refractivity contribution in [3.05, 3.63) is 40.8 Å². The molecule has 1 aromatic heterocycles.